The van der Waals surface area contributed by atoms with Crippen molar-refractivity contribution >= 4 is 5.82 Å². The van der Waals surface area contributed by atoms with E-state index in [4.69, 9.17) is 5.26 Å². The molecule has 1 aromatic heterocycles. The topological polar surface area (TPSA) is 48.7 Å². The fourth-order valence-electron chi connectivity index (χ4n) is 1.59. The maximum Gasteiger partial charge on any atom is 0.126 e. The normalized spacial score (nSPS) is 9.78. The lowest BCUT2D eigenvalue weighted by Gasteiger charge is -2.06. The molecule has 2 rings (SSSR count). The number of hydrogen-bond donors (Lipinski definition) is 1. The molecule has 3 nitrogen and oxygen atoms in total. The number of nitriles is 1. The molecule has 0 spiro atoms. The van der Waals surface area contributed by atoms with Gasteiger partial charge in [-0.1, -0.05) is 18.2 Å². The highest BCUT2D eigenvalue weighted by Crippen LogP contribution is 2.08. The molecule has 0 unspecified atom stereocenters. The third kappa shape index (κ3) is 3.05. The molecule has 90 valence electrons. The summed E-state index contributed by atoms with van der Waals surface area (Å²) in [5.74, 6) is 0.498. The van der Waals surface area contributed by atoms with Gasteiger partial charge in [0.15, 0.2) is 0 Å². The van der Waals surface area contributed by atoms with Crippen molar-refractivity contribution in [2.45, 2.75) is 6.42 Å². The van der Waals surface area contributed by atoms with Crippen molar-refractivity contribution in [3.05, 3.63) is 59.5 Å². The van der Waals surface area contributed by atoms with Crippen LogP contribution in [-0.4, -0.2) is 11.5 Å². The zero-order valence-corrected chi connectivity index (χ0v) is 9.73. The lowest BCUT2D eigenvalue weighted by Crippen LogP contribution is -2.07. The summed E-state index contributed by atoms with van der Waals surface area (Å²) in [4.78, 5) is 4.08. The van der Waals surface area contributed by atoms with Crippen molar-refractivity contribution in [1.82, 2.24) is 4.98 Å². The Morgan fingerprint density at radius 3 is 2.72 bits per heavy atom. The second-order valence-electron chi connectivity index (χ2n) is 3.81. The van der Waals surface area contributed by atoms with Crippen LogP contribution in [0, 0.1) is 17.1 Å². The van der Waals surface area contributed by atoms with Gasteiger partial charge < -0.3 is 5.32 Å². The van der Waals surface area contributed by atoms with Crippen LogP contribution in [0.3, 0.4) is 0 Å². The van der Waals surface area contributed by atoms with Crippen molar-refractivity contribution in [2.75, 3.05) is 11.9 Å². The first-order valence-corrected chi connectivity index (χ1v) is 5.63. The number of halogens is 1. The van der Waals surface area contributed by atoms with Crippen LogP contribution in [0.25, 0.3) is 0 Å². The summed E-state index contributed by atoms with van der Waals surface area (Å²) in [7, 11) is 0. The Bertz CT molecular complexity index is 558. The van der Waals surface area contributed by atoms with Gasteiger partial charge in [-0.2, -0.15) is 5.26 Å². The largest absolute Gasteiger partial charge is 0.370 e. The third-order valence-electron chi connectivity index (χ3n) is 2.55. The van der Waals surface area contributed by atoms with Gasteiger partial charge in [0.05, 0.1) is 5.56 Å². The zero-order valence-electron chi connectivity index (χ0n) is 9.73. The van der Waals surface area contributed by atoms with Crippen LogP contribution >= 0.6 is 0 Å². The van der Waals surface area contributed by atoms with Gasteiger partial charge in [-0.15, -0.1) is 0 Å². The van der Waals surface area contributed by atoms with Crippen LogP contribution in [0.1, 0.15) is 11.1 Å². The van der Waals surface area contributed by atoms with Crippen molar-refractivity contribution in [3.8, 4) is 6.07 Å². The van der Waals surface area contributed by atoms with Crippen LogP contribution in [-0.2, 0) is 6.42 Å². The molecule has 0 saturated heterocycles. The summed E-state index contributed by atoms with van der Waals surface area (Å²) in [5.41, 5.74) is 1.20. The average Bonchev–Trinajstić information content (AvgIpc) is 2.42. The molecular weight excluding hydrogens is 229 g/mol. The van der Waals surface area contributed by atoms with E-state index in [-0.39, 0.29) is 5.82 Å². The van der Waals surface area contributed by atoms with Gasteiger partial charge in [0.1, 0.15) is 17.7 Å². The second-order valence-corrected chi connectivity index (χ2v) is 3.81. The van der Waals surface area contributed by atoms with Crippen molar-refractivity contribution in [1.29, 1.82) is 5.26 Å². The van der Waals surface area contributed by atoms with E-state index < -0.39 is 0 Å². The van der Waals surface area contributed by atoms with E-state index >= 15 is 0 Å². The smallest absolute Gasteiger partial charge is 0.126 e. The maximum atomic E-state index is 13.3. The quantitative estimate of drug-likeness (QED) is 0.895. The molecule has 0 fully saturated rings. The Morgan fingerprint density at radius 1 is 1.22 bits per heavy atom. The maximum absolute atomic E-state index is 13.3. The van der Waals surface area contributed by atoms with E-state index in [1.165, 1.54) is 12.3 Å². The summed E-state index contributed by atoms with van der Waals surface area (Å²) < 4.78 is 13.3. The first kappa shape index (κ1) is 12.1. The number of rotatable bonds is 4. The predicted octanol–water partition coefficient (Wildman–Crippen LogP) is 2.75. The van der Waals surface area contributed by atoms with E-state index in [0.717, 1.165) is 0 Å². The molecular formula is C14H12FN3. The van der Waals surface area contributed by atoms with Crippen molar-refractivity contribution in [3.63, 3.8) is 0 Å². The summed E-state index contributed by atoms with van der Waals surface area (Å²) in [6, 6.07) is 12.1. The first-order valence-electron chi connectivity index (χ1n) is 5.63. The zero-order chi connectivity index (χ0) is 12.8. The molecule has 2 aromatic rings. The van der Waals surface area contributed by atoms with Crippen molar-refractivity contribution in [2.24, 2.45) is 0 Å². The Labute approximate surface area is 105 Å². The molecule has 0 amide bonds. The van der Waals surface area contributed by atoms with E-state index in [0.29, 0.717) is 29.9 Å². The summed E-state index contributed by atoms with van der Waals surface area (Å²) in [6.45, 7) is 0.597. The molecule has 0 aliphatic rings. The molecule has 0 aliphatic carbocycles. The fraction of sp³-hybridized carbons (Fsp3) is 0.143. The van der Waals surface area contributed by atoms with E-state index in [2.05, 4.69) is 10.3 Å². The SMILES string of the molecule is N#Cc1ccc(NCCc2ccccc2F)nc1. The number of anilines is 1. The molecule has 1 heterocycles. The molecule has 0 saturated carbocycles. The minimum absolute atomic E-state index is 0.188. The van der Waals surface area contributed by atoms with Crippen LogP contribution in [0.4, 0.5) is 10.2 Å². The van der Waals surface area contributed by atoms with Gasteiger partial charge in [-0.3, -0.25) is 0 Å². The predicted molar refractivity (Wildman–Crippen MR) is 67.5 cm³/mol. The number of aromatic nitrogens is 1. The van der Waals surface area contributed by atoms with Crippen molar-refractivity contribution < 1.29 is 4.39 Å². The van der Waals surface area contributed by atoms with Crippen LogP contribution < -0.4 is 5.32 Å². The van der Waals surface area contributed by atoms with Gasteiger partial charge >= 0.3 is 0 Å². The number of benzene rings is 1. The van der Waals surface area contributed by atoms with Gasteiger partial charge in [0.25, 0.3) is 0 Å². The first-order chi connectivity index (χ1) is 8.79. The molecule has 0 radical (unpaired) electrons. The number of nitrogens with one attached hydrogen (secondary N) is 1. The summed E-state index contributed by atoms with van der Waals surface area (Å²) in [6.07, 6.45) is 2.10. The van der Waals surface area contributed by atoms with E-state index in [1.807, 2.05) is 12.1 Å². The third-order valence-corrected chi connectivity index (χ3v) is 2.55. The minimum atomic E-state index is -0.188. The number of hydrogen-bond acceptors (Lipinski definition) is 3. The van der Waals surface area contributed by atoms with Crippen LogP contribution in [0.5, 0.6) is 0 Å². The molecule has 4 heteroatoms. The fourth-order valence-corrected chi connectivity index (χ4v) is 1.59. The summed E-state index contributed by atoms with van der Waals surface area (Å²) >= 11 is 0. The molecule has 0 atom stereocenters. The van der Waals surface area contributed by atoms with Gasteiger partial charge in [0.2, 0.25) is 0 Å². The lowest BCUT2D eigenvalue weighted by atomic mass is 10.1. The summed E-state index contributed by atoms with van der Waals surface area (Å²) in [5, 5.41) is 11.7. The Balaban J connectivity index is 1.89. The molecule has 0 bridgehead atoms. The van der Waals surface area contributed by atoms with Gasteiger partial charge in [0, 0.05) is 12.7 Å². The molecule has 0 aliphatic heterocycles. The minimum Gasteiger partial charge on any atom is -0.370 e. The second kappa shape index (κ2) is 5.78. The monoisotopic (exact) mass is 241 g/mol. The Morgan fingerprint density at radius 2 is 2.06 bits per heavy atom. The molecule has 1 aromatic carbocycles. The Kier molecular flexibility index (Phi) is 3.87. The Hall–Kier alpha value is -2.41. The van der Waals surface area contributed by atoms with Gasteiger partial charge in [-0.05, 0) is 30.2 Å². The molecule has 1 N–H and O–H groups in total. The highest BCUT2D eigenvalue weighted by molar-refractivity contribution is 5.39. The number of nitrogens with zero attached hydrogens (tertiary/aromatic N) is 2. The van der Waals surface area contributed by atoms with Gasteiger partial charge in [-0.25, -0.2) is 9.37 Å². The highest BCUT2D eigenvalue weighted by atomic mass is 19.1. The van der Waals surface area contributed by atoms with E-state index in [9.17, 15) is 4.39 Å². The van der Waals surface area contributed by atoms with Crippen LogP contribution in [0.15, 0.2) is 42.6 Å². The average molecular weight is 241 g/mol. The lowest BCUT2D eigenvalue weighted by molar-refractivity contribution is 0.610. The van der Waals surface area contributed by atoms with Crippen LogP contribution in [0.2, 0.25) is 0 Å². The number of pyridine rings is 1. The van der Waals surface area contributed by atoms with E-state index in [1.54, 1.807) is 24.3 Å². The highest BCUT2D eigenvalue weighted by Gasteiger charge is 2.00. The molecule has 18 heavy (non-hydrogen) atoms. The standard InChI is InChI=1S/C14H12FN3/c15-13-4-2-1-3-12(13)7-8-17-14-6-5-11(9-16)10-18-14/h1-6,10H,7-8H2,(H,17,18).